The van der Waals surface area contributed by atoms with Crippen LogP contribution in [0.2, 0.25) is 0 Å². The molecule has 128 valence electrons. The van der Waals surface area contributed by atoms with Gasteiger partial charge in [0.25, 0.3) is 0 Å². The summed E-state index contributed by atoms with van der Waals surface area (Å²) in [6.45, 7) is 7.53. The highest BCUT2D eigenvalue weighted by atomic mass is 16.5. The van der Waals surface area contributed by atoms with Gasteiger partial charge in [0.05, 0.1) is 5.41 Å². The number of rotatable bonds is 8. The van der Waals surface area contributed by atoms with Crippen molar-refractivity contribution in [2.45, 2.75) is 66.2 Å². The Labute approximate surface area is 139 Å². The summed E-state index contributed by atoms with van der Waals surface area (Å²) in [6.07, 6.45) is 5.85. The fourth-order valence-electron chi connectivity index (χ4n) is 1.92. The summed E-state index contributed by atoms with van der Waals surface area (Å²) in [5, 5.41) is 0. The van der Waals surface area contributed by atoms with Crippen LogP contribution in [0.15, 0.2) is 24.3 Å². The maximum atomic E-state index is 11.9. The van der Waals surface area contributed by atoms with E-state index >= 15 is 0 Å². The number of hydrogen-bond donors (Lipinski definition) is 0. The number of ether oxygens (including phenoxy) is 2. The third-order valence-electron chi connectivity index (χ3n) is 3.34. The summed E-state index contributed by atoms with van der Waals surface area (Å²) in [4.78, 5) is 23.7. The summed E-state index contributed by atoms with van der Waals surface area (Å²) >= 11 is 0. The van der Waals surface area contributed by atoms with Gasteiger partial charge in [-0.2, -0.15) is 0 Å². The Bertz CT molecular complexity index is 514. The van der Waals surface area contributed by atoms with Crippen LogP contribution in [0.25, 0.3) is 0 Å². The van der Waals surface area contributed by atoms with Gasteiger partial charge in [-0.05, 0) is 39.3 Å². The molecular formula is C19H28O4. The SMILES string of the molecule is CCCCCCCC(=O)Oc1cccc(OC(=O)C(C)(C)C)c1. The topological polar surface area (TPSA) is 52.6 Å². The van der Waals surface area contributed by atoms with Crippen LogP contribution in [0.3, 0.4) is 0 Å². The van der Waals surface area contributed by atoms with E-state index in [-0.39, 0.29) is 11.9 Å². The predicted molar refractivity (Wildman–Crippen MR) is 90.5 cm³/mol. The number of carbonyl (C=O) groups is 2. The molecule has 4 heteroatoms. The van der Waals surface area contributed by atoms with Crippen LogP contribution >= 0.6 is 0 Å². The van der Waals surface area contributed by atoms with Crippen molar-refractivity contribution in [1.82, 2.24) is 0 Å². The van der Waals surface area contributed by atoms with E-state index in [2.05, 4.69) is 6.92 Å². The van der Waals surface area contributed by atoms with Gasteiger partial charge in [-0.3, -0.25) is 9.59 Å². The zero-order chi connectivity index (χ0) is 17.3. The van der Waals surface area contributed by atoms with E-state index in [4.69, 9.17) is 9.47 Å². The lowest BCUT2D eigenvalue weighted by molar-refractivity contribution is -0.143. The molecule has 0 aliphatic carbocycles. The molecular weight excluding hydrogens is 292 g/mol. The van der Waals surface area contributed by atoms with Crippen molar-refractivity contribution >= 4 is 11.9 Å². The third kappa shape index (κ3) is 7.82. The second-order valence-electron chi connectivity index (χ2n) is 6.75. The lowest BCUT2D eigenvalue weighted by Gasteiger charge is -2.16. The molecule has 0 spiro atoms. The van der Waals surface area contributed by atoms with Gasteiger partial charge >= 0.3 is 11.9 Å². The van der Waals surface area contributed by atoms with Crippen molar-refractivity contribution in [2.75, 3.05) is 0 Å². The van der Waals surface area contributed by atoms with E-state index in [0.29, 0.717) is 17.9 Å². The van der Waals surface area contributed by atoms with E-state index in [1.165, 1.54) is 12.8 Å². The van der Waals surface area contributed by atoms with Gasteiger partial charge in [0.2, 0.25) is 0 Å². The summed E-state index contributed by atoms with van der Waals surface area (Å²) in [5.74, 6) is 0.221. The van der Waals surface area contributed by atoms with Gasteiger partial charge in [-0.25, -0.2) is 0 Å². The van der Waals surface area contributed by atoms with Gasteiger partial charge in [0.1, 0.15) is 11.5 Å². The number of unbranched alkanes of at least 4 members (excludes halogenated alkanes) is 4. The van der Waals surface area contributed by atoms with Crippen LogP contribution in [0.5, 0.6) is 11.5 Å². The van der Waals surface area contributed by atoms with Crippen molar-refractivity contribution in [3.05, 3.63) is 24.3 Å². The van der Waals surface area contributed by atoms with Crippen molar-refractivity contribution in [1.29, 1.82) is 0 Å². The molecule has 0 aromatic heterocycles. The maximum absolute atomic E-state index is 11.9. The average molecular weight is 320 g/mol. The van der Waals surface area contributed by atoms with Crippen LogP contribution < -0.4 is 9.47 Å². The van der Waals surface area contributed by atoms with Crippen LogP contribution in [0, 0.1) is 5.41 Å². The zero-order valence-corrected chi connectivity index (χ0v) is 14.7. The van der Waals surface area contributed by atoms with Gasteiger partial charge in [0, 0.05) is 12.5 Å². The quantitative estimate of drug-likeness (QED) is 0.388. The molecule has 1 aromatic rings. The first-order valence-electron chi connectivity index (χ1n) is 8.36. The monoisotopic (exact) mass is 320 g/mol. The minimum atomic E-state index is -0.578. The predicted octanol–water partition coefficient (Wildman–Crippen LogP) is 4.90. The van der Waals surface area contributed by atoms with E-state index < -0.39 is 5.41 Å². The highest BCUT2D eigenvalue weighted by Crippen LogP contribution is 2.23. The van der Waals surface area contributed by atoms with Crippen molar-refractivity contribution in [3.8, 4) is 11.5 Å². The lowest BCUT2D eigenvalue weighted by atomic mass is 9.97. The summed E-state index contributed by atoms with van der Waals surface area (Å²) < 4.78 is 10.6. The van der Waals surface area contributed by atoms with Crippen molar-refractivity contribution in [2.24, 2.45) is 5.41 Å². The summed E-state index contributed by atoms with van der Waals surface area (Å²) in [5.41, 5.74) is -0.578. The lowest BCUT2D eigenvalue weighted by Crippen LogP contribution is -2.25. The molecule has 0 unspecified atom stereocenters. The van der Waals surface area contributed by atoms with Gasteiger partial charge in [0.15, 0.2) is 0 Å². The third-order valence-corrected chi connectivity index (χ3v) is 3.34. The molecule has 0 saturated carbocycles. The fraction of sp³-hybridized carbons (Fsp3) is 0.579. The molecule has 1 aromatic carbocycles. The smallest absolute Gasteiger partial charge is 0.316 e. The molecule has 0 bridgehead atoms. The molecule has 0 aliphatic heterocycles. The van der Waals surface area contributed by atoms with Crippen LogP contribution in [0.4, 0.5) is 0 Å². The van der Waals surface area contributed by atoms with Crippen molar-refractivity contribution < 1.29 is 19.1 Å². The molecule has 0 heterocycles. The first-order chi connectivity index (χ1) is 10.8. The molecule has 0 N–H and O–H groups in total. The second kappa shape index (κ2) is 9.33. The number of hydrogen-bond acceptors (Lipinski definition) is 4. The minimum Gasteiger partial charge on any atom is -0.426 e. The average Bonchev–Trinajstić information content (AvgIpc) is 2.46. The van der Waals surface area contributed by atoms with Crippen LogP contribution in [0.1, 0.15) is 66.2 Å². The second-order valence-corrected chi connectivity index (χ2v) is 6.75. The van der Waals surface area contributed by atoms with Crippen LogP contribution in [-0.4, -0.2) is 11.9 Å². The van der Waals surface area contributed by atoms with E-state index in [9.17, 15) is 9.59 Å². The number of esters is 2. The molecule has 0 aliphatic rings. The minimum absolute atomic E-state index is 0.249. The fourth-order valence-corrected chi connectivity index (χ4v) is 1.92. The Morgan fingerprint density at radius 2 is 1.57 bits per heavy atom. The first-order valence-corrected chi connectivity index (χ1v) is 8.36. The molecule has 0 radical (unpaired) electrons. The summed E-state index contributed by atoms with van der Waals surface area (Å²) in [6, 6.07) is 6.63. The van der Waals surface area contributed by atoms with Gasteiger partial charge in [-0.15, -0.1) is 0 Å². The zero-order valence-electron chi connectivity index (χ0n) is 14.7. The Balaban J connectivity index is 2.47. The normalized spacial score (nSPS) is 11.1. The van der Waals surface area contributed by atoms with Crippen LogP contribution in [-0.2, 0) is 9.59 Å². The Hall–Kier alpha value is -1.84. The Morgan fingerprint density at radius 3 is 2.17 bits per heavy atom. The molecule has 0 saturated heterocycles. The van der Waals surface area contributed by atoms with Crippen molar-refractivity contribution in [3.63, 3.8) is 0 Å². The van der Waals surface area contributed by atoms with E-state index in [1.54, 1.807) is 45.0 Å². The van der Waals surface area contributed by atoms with Gasteiger partial charge < -0.3 is 9.47 Å². The Kier molecular flexibility index (Phi) is 7.79. The maximum Gasteiger partial charge on any atom is 0.316 e. The van der Waals surface area contributed by atoms with E-state index in [0.717, 1.165) is 19.3 Å². The molecule has 1 rings (SSSR count). The largest absolute Gasteiger partial charge is 0.426 e. The molecule has 4 nitrogen and oxygen atoms in total. The summed E-state index contributed by atoms with van der Waals surface area (Å²) in [7, 11) is 0. The standard InChI is InChI=1S/C19H28O4/c1-5-6-7-8-9-13-17(20)22-15-11-10-12-16(14-15)23-18(21)19(2,3)4/h10-12,14H,5-9,13H2,1-4H3. The highest BCUT2D eigenvalue weighted by molar-refractivity contribution is 5.78. The Morgan fingerprint density at radius 1 is 0.957 bits per heavy atom. The van der Waals surface area contributed by atoms with Gasteiger partial charge in [-0.1, -0.05) is 38.7 Å². The molecule has 0 atom stereocenters. The number of benzene rings is 1. The molecule has 0 amide bonds. The number of carbonyl (C=O) groups excluding carboxylic acids is 2. The first kappa shape index (κ1) is 19.2. The highest BCUT2D eigenvalue weighted by Gasteiger charge is 2.23. The molecule has 0 fully saturated rings. The van der Waals surface area contributed by atoms with E-state index in [1.807, 2.05) is 0 Å². The molecule has 23 heavy (non-hydrogen) atoms.